The van der Waals surface area contributed by atoms with Gasteiger partial charge in [0.15, 0.2) is 0 Å². The lowest BCUT2D eigenvalue weighted by molar-refractivity contribution is 0.0717. The molecule has 184 valence electrons. The Morgan fingerprint density at radius 3 is 2.56 bits per heavy atom. The van der Waals surface area contributed by atoms with E-state index in [1.807, 2.05) is 46.0 Å². The summed E-state index contributed by atoms with van der Waals surface area (Å²) in [6.45, 7) is 1.94. The van der Waals surface area contributed by atoms with E-state index in [9.17, 15) is 9.59 Å². The Hall–Kier alpha value is -3.72. The summed E-state index contributed by atoms with van der Waals surface area (Å²) in [6.07, 6.45) is 11.6. The van der Waals surface area contributed by atoms with Gasteiger partial charge in [-0.3, -0.25) is 4.79 Å². The Labute approximate surface area is 213 Å². The topological polar surface area (TPSA) is 91.6 Å². The second-order valence-corrected chi connectivity index (χ2v) is 10.6. The molecule has 1 aliphatic heterocycles. The number of benzene rings is 1. The van der Waals surface area contributed by atoms with Gasteiger partial charge in [-0.25, -0.2) is 14.8 Å². The molecule has 4 heterocycles. The lowest BCUT2D eigenvalue weighted by Crippen LogP contribution is -2.37. The number of pyridine rings is 1. The van der Waals surface area contributed by atoms with Crippen LogP contribution in [-0.2, 0) is 6.54 Å². The number of imidazole rings is 1. The van der Waals surface area contributed by atoms with Crippen LogP contribution >= 0.6 is 11.3 Å². The van der Waals surface area contributed by atoms with Crippen molar-refractivity contribution in [1.29, 1.82) is 0 Å². The molecule has 2 fully saturated rings. The van der Waals surface area contributed by atoms with Crippen molar-refractivity contribution in [2.75, 3.05) is 18.4 Å². The van der Waals surface area contributed by atoms with Crippen molar-refractivity contribution in [3.8, 4) is 0 Å². The Morgan fingerprint density at radius 1 is 0.972 bits per heavy atom. The summed E-state index contributed by atoms with van der Waals surface area (Å²) >= 11 is 1.57. The van der Waals surface area contributed by atoms with Gasteiger partial charge in [0.2, 0.25) is 0 Å². The number of carbonyl (C=O) groups excluding carboxylic acids is 2. The number of amides is 3. The largest absolute Gasteiger partial charge is 0.338 e. The van der Waals surface area contributed by atoms with Gasteiger partial charge in [-0.15, -0.1) is 11.3 Å². The molecule has 36 heavy (non-hydrogen) atoms. The normalized spacial score (nSPS) is 16.3. The molecule has 1 saturated carbocycles. The molecule has 3 aromatic heterocycles. The summed E-state index contributed by atoms with van der Waals surface area (Å²) in [7, 11) is 0. The number of urea groups is 1. The number of piperidine rings is 1. The van der Waals surface area contributed by atoms with Gasteiger partial charge >= 0.3 is 6.03 Å². The zero-order valence-corrected chi connectivity index (χ0v) is 20.7. The van der Waals surface area contributed by atoms with Crippen LogP contribution in [0.25, 0.3) is 5.65 Å². The summed E-state index contributed by atoms with van der Waals surface area (Å²) in [4.78, 5) is 36.7. The number of rotatable bonds is 6. The van der Waals surface area contributed by atoms with E-state index < -0.39 is 0 Å². The highest BCUT2D eigenvalue weighted by molar-refractivity contribution is 7.13. The summed E-state index contributed by atoms with van der Waals surface area (Å²) in [5.41, 5.74) is 3.84. The zero-order chi connectivity index (χ0) is 24.5. The summed E-state index contributed by atoms with van der Waals surface area (Å²) in [5, 5.41) is 6.91. The van der Waals surface area contributed by atoms with Crippen LogP contribution in [0, 0.1) is 0 Å². The molecule has 0 unspecified atom stereocenters. The molecule has 6 rings (SSSR count). The first-order chi connectivity index (χ1) is 17.6. The number of hydrogen-bond acceptors (Lipinski definition) is 5. The molecule has 0 spiro atoms. The van der Waals surface area contributed by atoms with Crippen LogP contribution in [-0.4, -0.2) is 44.3 Å². The van der Waals surface area contributed by atoms with Crippen LogP contribution in [0.3, 0.4) is 0 Å². The maximum atomic E-state index is 12.9. The third-order valence-electron chi connectivity index (χ3n) is 7.00. The molecule has 1 aliphatic carbocycles. The van der Waals surface area contributed by atoms with E-state index in [-0.39, 0.29) is 11.9 Å². The Balaban J connectivity index is 0.980. The number of thiazole rings is 1. The lowest BCUT2D eigenvalue weighted by atomic mass is 9.89. The number of likely N-dealkylation sites (tertiary alicyclic amines) is 1. The van der Waals surface area contributed by atoms with Crippen molar-refractivity contribution in [3.63, 3.8) is 0 Å². The highest BCUT2D eigenvalue weighted by atomic mass is 32.1. The molecule has 2 aliphatic rings. The average Bonchev–Trinajstić information content (AvgIpc) is 3.45. The van der Waals surface area contributed by atoms with Crippen molar-refractivity contribution in [2.24, 2.45) is 0 Å². The van der Waals surface area contributed by atoms with E-state index in [0.29, 0.717) is 18.4 Å². The van der Waals surface area contributed by atoms with Crippen LogP contribution in [0.2, 0.25) is 0 Å². The van der Waals surface area contributed by atoms with Gasteiger partial charge in [0.1, 0.15) is 10.5 Å². The smallest absolute Gasteiger partial charge is 0.319 e. The second kappa shape index (κ2) is 9.73. The van der Waals surface area contributed by atoms with Crippen LogP contribution in [0.5, 0.6) is 0 Å². The quantitative estimate of drug-likeness (QED) is 0.389. The number of hydrogen-bond donors (Lipinski definition) is 2. The molecular formula is C27H28N6O2S. The van der Waals surface area contributed by atoms with Gasteiger partial charge in [-0.1, -0.05) is 12.1 Å². The maximum Gasteiger partial charge on any atom is 0.319 e. The second-order valence-electron chi connectivity index (χ2n) is 9.56. The highest BCUT2D eigenvalue weighted by Gasteiger charge is 2.30. The van der Waals surface area contributed by atoms with Gasteiger partial charge in [0, 0.05) is 49.8 Å². The van der Waals surface area contributed by atoms with Gasteiger partial charge in [0.05, 0.1) is 11.2 Å². The first kappa shape index (κ1) is 22.7. The molecule has 1 aromatic carbocycles. The molecule has 8 nitrogen and oxygen atoms in total. The van der Waals surface area contributed by atoms with E-state index in [1.54, 1.807) is 23.7 Å². The number of nitrogens with zero attached hydrogens (tertiary/aromatic N) is 4. The van der Waals surface area contributed by atoms with E-state index in [4.69, 9.17) is 0 Å². The van der Waals surface area contributed by atoms with E-state index in [0.717, 1.165) is 52.7 Å². The fourth-order valence-corrected chi connectivity index (χ4v) is 5.79. The van der Waals surface area contributed by atoms with E-state index in [1.165, 1.54) is 18.4 Å². The summed E-state index contributed by atoms with van der Waals surface area (Å²) in [5.74, 6) is 1.12. The Morgan fingerprint density at radius 2 is 1.78 bits per heavy atom. The van der Waals surface area contributed by atoms with Gasteiger partial charge in [-0.2, -0.15) is 0 Å². The van der Waals surface area contributed by atoms with Crippen molar-refractivity contribution < 1.29 is 9.59 Å². The molecule has 0 atom stereocenters. The molecule has 4 aromatic rings. The summed E-state index contributed by atoms with van der Waals surface area (Å²) in [6, 6.07) is 11.7. The lowest BCUT2D eigenvalue weighted by Gasteiger charge is -2.32. The highest BCUT2D eigenvalue weighted by Crippen LogP contribution is 2.42. The van der Waals surface area contributed by atoms with Crippen LogP contribution in [0.4, 0.5) is 10.5 Å². The molecule has 2 N–H and O–H groups in total. The average molecular weight is 501 g/mol. The van der Waals surface area contributed by atoms with Crippen LogP contribution in [0.15, 0.2) is 61.2 Å². The van der Waals surface area contributed by atoms with E-state index >= 15 is 0 Å². The van der Waals surface area contributed by atoms with Crippen molar-refractivity contribution in [1.82, 2.24) is 24.6 Å². The first-order valence-electron chi connectivity index (χ1n) is 12.4. The van der Waals surface area contributed by atoms with Gasteiger partial charge in [-0.05, 0) is 67.0 Å². The zero-order valence-electron chi connectivity index (χ0n) is 19.9. The Bertz CT molecular complexity index is 1380. The van der Waals surface area contributed by atoms with Gasteiger partial charge in [0.25, 0.3) is 5.91 Å². The van der Waals surface area contributed by atoms with Crippen molar-refractivity contribution in [2.45, 2.75) is 44.1 Å². The minimum atomic E-state index is -0.245. The number of fused-ring (bicyclic) bond motifs is 1. The minimum absolute atomic E-state index is 0.119. The minimum Gasteiger partial charge on any atom is -0.338 e. The fraction of sp³-hybridized carbons (Fsp3) is 0.333. The molecule has 3 amide bonds. The Kier molecular flexibility index (Phi) is 6.14. The van der Waals surface area contributed by atoms with E-state index in [2.05, 4.69) is 32.7 Å². The SMILES string of the molecule is O=C(NCc1ccn2ccnc2c1)Nc1ccc(C2CCN(C(=O)c3cnc(C4CC4)s3)CC2)cc1. The predicted molar refractivity (Wildman–Crippen MR) is 139 cm³/mol. The van der Waals surface area contributed by atoms with Crippen molar-refractivity contribution in [3.05, 3.63) is 82.2 Å². The number of nitrogens with one attached hydrogen (secondary N) is 2. The molecule has 0 radical (unpaired) electrons. The molecular weight excluding hydrogens is 472 g/mol. The van der Waals surface area contributed by atoms with Crippen LogP contribution < -0.4 is 10.6 Å². The summed E-state index contributed by atoms with van der Waals surface area (Å²) < 4.78 is 1.93. The number of anilines is 1. The monoisotopic (exact) mass is 500 g/mol. The van der Waals surface area contributed by atoms with Crippen LogP contribution in [0.1, 0.15) is 63.3 Å². The standard InChI is InChI=1S/C27H28N6O2S/c34-26(23-17-29-25(36-23)21-1-2-21)33-12-8-20(9-13-33)19-3-5-22(6-4-19)31-27(35)30-16-18-7-11-32-14-10-28-24(32)15-18/h3-7,10-11,14-15,17,20-21H,1-2,8-9,12-13,16H2,(H2,30,31,35). The fourth-order valence-electron chi connectivity index (χ4n) is 4.74. The number of carbonyl (C=O) groups is 2. The van der Waals surface area contributed by atoms with Crippen molar-refractivity contribution >= 4 is 34.6 Å². The predicted octanol–water partition coefficient (Wildman–Crippen LogP) is 5.01. The third kappa shape index (κ3) is 4.97. The maximum absolute atomic E-state index is 12.9. The number of aromatic nitrogens is 3. The molecule has 0 bridgehead atoms. The third-order valence-corrected chi connectivity index (χ3v) is 8.15. The molecule has 1 saturated heterocycles. The van der Waals surface area contributed by atoms with Gasteiger partial charge < -0.3 is 19.9 Å². The molecule has 9 heteroatoms. The first-order valence-corrected chi connectivity index (χ1v) is 13.3.